The molecule has 2 rings (SSSR count). The summed E-state index contributed by atoms with van der Waals surface area (Å²) in [4.78, 5) is 14.5. The number of nitrogens with zero attached hydrogens (tertiary/aromatic N) is 1. The van der Waals surface area contributed by atoms with E-state index in [-0.39, 0.29) is 17.5 Å². The van der Waals surface area contributed by atoms with Crippen molar-refractivity contribution in [2.24, 2.45) is 5.84 Å². The highest BCUT2D eigenvalue weighted by atomic mass is 16.5. The highest BCUT2D eigenvalue weighted by Crippen LogP contribution is 2.48. The van der Waals surface area contributed by atoms with E-state index in [1.54, 1.807) is 7.11 Å². The van der Waals surface area contributed by atoms with Crippen molar-refractivity contribution in [3.8, 4) is 5.75 Å². The number of amides is 1. The summed E-state index contributed by atoms with van der Waals surface area (Å²) in [5, 5.41) is 0. The van der Waals surface area contributed by atoms with Crippen molar-refractivity contribution in [1.82, 2.24) is 5.43 Å². The van der Waals surface area contributed by atoms with Gasteiger partial charge in [0, 0.05) is 5.54 Å². The molecule has 3 N–H and O–H groups in total. The molecule has 122 valence electrons. The number of rotatable bonds is 4. The lowest BCUT2D eigenvalue weighted by Crippen LogP contribution is -2.59. The topological polar surface area (TPSA) is 67.6 Å². The van der Waals surface area contributed by atoms with Gasteiger partial charge in [-0.15, -0.1) is 0 Å². The number of hydrazine groups is 1. The summed E-state index contributed by atoms with van der Waals surface area (Å²) in [7, 11) is 1.67. The standard InChI is InChI=1S/C17H27N3O2/c1-6-13(16(21)19-18)20-15-12(8-7-9-14(15)22-5)11(2)10-17(20,3)4/h7-9,11,13H,6,10,18H2,1-5H3,(H,19,21)/t11-,13-/m0/s1. The summed E-state index contributed by atoms with van der Waals surface area (Å²) in [6, 6.07) is 5.77. The highest BCUT2D eigenvalue weighted by molar-refractivity contribution is 5.87. The molecule has 1 aliphatic rings. The van der Waals surface area contributed by atoms with Crippen LogP contribution in [0.1, 0.15) is 52.0 Å². The third-order valence-electron chi connectivity index (χ3n) is 4.62. The fourth-order valence-corrected chi connectivity index (χ4v) is 3.78. The van der Waals surface area contributed by atoms with E-state index < -0.39 is 0 Å². The molecule has 0 spiro atoms. The highest BCUT2D eigenvalue weighted by Gasteiger charge is 2.43. The number of anilines is 1. The van der Waals surface area contributed by atoms with Crippen molar-refractivity contribution in [2.75, 3.05) is 12.0 Å². The number of methoxy groups -OCH3 is 1. The smallest absolute Gasteiger partial charge is 0.256 e. The molecule has 0 aliphatic carbocycles. The number of para-hydroxylation sites is 1. The minimum absolute atomic E-state index is 0.158. The molecule has 1 aromatic rings. The summed E-state index contributed by atoms with van der Waals surface area (Å²) in [5.41, 5.74) is 4.39. The van der Waals surface area contributed by atoms with Crippen LogP contribution in [0.25, 0.3) is 0 Å². The van der Waals surface area contributed by atoms with Crippen LogP contribution in [0.5, 0.6) is 5.75 Å². The first kappa shape index (κ1) is 16.6. The molecule has 0 fully saturated rings. The molecular weight excluding hydrogens is 278 g/mol. The predicted molar refractivity (Wildman–Crippen MR) is 89.0 cm³/mol. The van der Waals surface area contributed by atoms with Crippen LogP contribution in [0, 0.1) is 0 Å². The van der Waals surface area contributed by atoms with Gasteiger partial charge in [-0.3, -0.25) is 10.2 Å². The second-order valence-electron chi connectivity index (χ2n) is 6.62. The van der Waals surface area contributed by atoms with Crippen LogP contribution in [0.3, 0.4) is 0 Å². The van der Waals surface area contributed by atoms with Crippen molar-refractivity contribution in [3.05, 3.63) is 23.8 Å². The van der Waals surface area contributed by atoms with E-state index in [9.17, 15) is 4.79 Å². The Morgan fingerprint density at radius 3 is 2.77 bits per heavy atom. The molecule has 0 aromatic heterocycles. The van der Waals surface area contributed by atoms with Gasteiger partial charge < -0.3 is 9.64 Å². The van der Waals surface area contributed by atoms with Crippen LogP contribution in [0.15, 0.2) is 18.2 Å². The maximum atomic E-state index is 12.3. The largest absolute Gasteiger partial charge is 0.495 e. The lowest BCUT2D eigenvalue weighted by Gasteiger charge is -2.50. The number of benzene rings is 1. The normalized spacial score (nSPS) is 21.0. The van der Waals surface area contributed by atoms with Gasteiger partial charge in [0.25, 0.3) is 5.91 Å². The van der Waals surface area contributed by atoms with Crippen molar-refractivity contribution in [3.63, 3.8) is 0 Å². The number of carbonyl (C=O) groups excluding carboxylic acids is 1. The number of carbonyl (C=O) groups is 1. The van der Waals surface area contributed by atoms with Crippen LogP contribution in [-0.4, -0.2) is 24.6 Å². The summed E-state index contributed by atoms with van der Waals surface area (Å²) >= 11 is 0. The van der Waals surface area contributed by atoms with Gasteiger partial charge in [-0.25, -0.2) is 5.84 Å². The summed E-state index contributed by atoms with van der Waals surface area (Å²) in [5.74, 6) is 6.46. The zero-order valence-electron chi connectivity index (χ0n) is 14.1. The van der Waals surface area contributed by atoms with E-state index >= 15 is 0 Å². The number of ether oxygens (including phenoxy) is 1. The maximum Gasteiger partial charge on any atom is 0.256 e. The molecule has 22 heavy (non-hydrogen) atoms. The number of nitrogens with two attached hydrogens (primary N) is 1. The monoisotopic (exact) mass is 305 g/mol. The molecule has 1 aliphatic heterocycles. The first-order chi connectivity index (χ1) is 10.4. The Kier molecular flexibility index (Phi) is 4.66. The van der Waals surface area contributed by atoms with Gasteiger partial charge in [-0.05, 0) is 44.2 Å². The van der Waals surface area contributed by atoms with E-state index in [1.165, 1.54) is 5.56 Å². The average molecular weight is 305 g/mol. The van der Waals surface area contributed by atoms with E-state index in [4.69, 9.17) is 10.6 Å². The van der Waals surface area contributed by atoms with Gasteiger partial charge in [-0.1, -0.05) is 26.0 Å². The predicted octanol–water partition coefficient (Wildman–Crippen LogP) is 2.56. The number of fused-ring (bicyclic) bond motifs is 1. The van der Waals surface area contributed by atoms with Crippen LogP contribution < -0.4 is 20.9 Å². The fourth-order valence-electron chi connectivity index (χ4n) is 3.78. The molecule has 1 amide bonds. The zero-order chi connectivity index (χ0) is 16.5. The molecule has 0 radical (unpaired) electrons. The van der Waals surface area contributed by atoms with E-state index in [1.807, 2.05) is 19.1 Å². The van der Waals surface area contributed by atoms with Crippen molar-refractivity contribution >= 4 is 11.6 Å². The van der Waals surface area contributed by atoms with Crippen molar-refractivity contribution < 1.29 is 9.53 Å². The molecule has 5 nitrogen and oxygen atoms in total. The molecule has 0 bridgehead atoms. The first-order valence-electron chi connectivity index (χ1n) is 7.84. The van der Waals surface area contributed by atoms with E-state index in [0.29, 0.717) is 12.3 Å². The van der Waals surface area contributed by atoms with Gasteiger partial charge in [0.15, 0.2) is 0 Å². The second kappa shape index (κ2) is 6.16. The summed E-state index contributed by atoms with van der Waals surface area (Å²) < 4.78 is 5.59. The quantitative estimate of drug-likeness (QED) is 0.510. The minimum atomic E-state index is -0.317. The molecule has 1 heterocycles. The maximum absolute atomic E-state index is 12.3. The Morgan fingerprint density at radius 1 is 1.55 bits per heavy atom. The van der Waals surface area contributed by atoms with E-state index in [2.05, 4.69) is 37.2 Å². The van der Waals surface area contributed by atoms with Crippen LogP contribution >= 0.6 is 0 Å². The Hall–Kier alpha value is -1.75. The molecule has 0 saturated carbocycles. The zero-order valence-corrected chi connectivity index (χ0v) is 14.1. The third kappa shape index (κ3) is 2.65. The Balaban J connectivity index is 2.65. The molecule has 0 unspecified atom stereocenters. The molecule has 5 heteroatoms. The van der Waals surface area contributed by atoms with Gasteiger partial charge in [0.1, 0.15) is 11.8 Å². The van der Waals surface area contributed by atoms with Crippen LogP contribution in [0.4, 0.5) is 5.69 Å². The van der Waals surface area contributed by atoms with Gasteiger partial charge >= 0.3 is 0 Å². The SMILES string of the molecule is CC[C@@H](C(=O)NN)N1c2c(OC)cccc2[C@@H](C)CC1(C)C. The van der Waals surface area contributed by atoms with Gasteiger partial charge in [0.05, 0.1) is 12.8 Å². The van der Waals surface area contributed by atoms with Gasteiger partial charge in [-0.2, -0.15) is 0 Å². The number of hydrogen-bond acceptors (Lipinski definition) is 4. The van der Waals surface area contributed by atoms with Crippen molar-refractivity contribution in [1.29, 1.82) is 0 Å². The number of nitrogens with one attached hydrogen (secondary N) is 1. The van der Waals surface area contributed by atoms with E-state index in [0.717, 1.165) is 17.9 Å². The first-order valence-corrected chi connectivity index (χ1v) is 7.84. The van der Waals surface area contributed by atoms with Crippen LogP contribution in [0.2, 0.25) is 0 Å². The Labute approximate surface area is 132 Å². The molecular formula is C17H27N3O2. The Morgan fingerprint density at radius 2 is 2.23 bits per heavy atom. The lowest BCUT2D eigenvalue weighted by molar-refractivity contribution is -0.122. The minimum Gasteiger partial charge on any atom is -0.495 e. The second-order valence-corrected chi connectivity index (χ2v) is 6.62. The molecule has 0 saturated heterocycles. The lowest BCUT2D eigenvalue weighted by atomic mass is 9.78. The molecule has 1 aromatic carbocycles. The van der Waals surface area contributed by atoms with Crippen molar-refractivity contribution in [2.45, 2.75) is 58.0 Å². The number of hydrogen-bond donors (Lipinski definition) is 2. The van der Waals surface area contributed by atoms with Gasteiger partial charge in [0.2, 0.25) is 0 Å². The molecule has 2 atom stereocenters. The third-order valence-corrected chi connectivity index (χ3v) is 4.62. The summed E-state index contributed by atoms with van der Waals surface area (Å²) in [6.45, 7) is 8.57. The van der Waals surface area contributed by atoms with Crippen LogP contribution in [-0.2, 0) is 4.79 Å². The average Bonchev–Trinajstić information content (AvgIpc) is 2.49. The Bertz CT molecular complexity index is 557. The summed E-state index contributed by atoms with van der Waals surface area (Å²) in [6.07, 6.45) is 1.65. The fraction of sp³-hybridized carbons (Fsp3) is 0.588.